The van der Waals surface area contributed by atoms with E-state index < -0.39 is 0 Å². The first kappa shape index (κ1) is 19.2. The molecule has 6 heteroatoms. The lowest BCUT2D eigenvalue weighted by Gasteiger charge is -2.12. The van der Waals surface area contributed by atoms with Gasteiger partial charge in [0.1, 0.15) is 0 Å². The fraction of sp³-hybridized carbons (Fsp3) is 0.368. The van der Waals surface area contributed by atoms with Gasteiger partial charge in [0.2, 0.25) is 5.56 Å². The highest BCUT2D eigenvalue weighted by Crippen LogP contribution is 2.18. The minimum absolute atomic E-state index is 0. The minimum atomic E-state index is -0.165. The molecule has 5 nitrogen and oxygen atoms in total. The number of halogens is 1. The monoisotopic (exact) mass is 361 g/mol. The van der Waals surface area contributed by atoms with Gasteiger partial charge in [-0.3, -0.25) is 9.59 Å². The summed E-state index contributed by atoms with van der Waals surface area (Å²) in [6.45, 7) is 5.77. The first-order chi connectivity index (χ1) is 11.5. The van der Waals surface area contributed by atoms with Crippen molar-refractivity contribution in [1.29, 1.82) is 0 Å². The van der Waals surface area contributed by atoms with Crippen LogP contribution in [0.25, 0.3) is 0 Å². The largest absolute Gasteiger partial charge is 0.324 e. The van der Waals surface area contributed by atoms with Crippen molar-refractivity contribution >= 4 is 24.0 Å². The van der Waals surface area contributed by atoms with Gasteiger partial charge in [0.05, 0.1) is 5.69 Å². The van der Waals surface area contributed by atoms with Gasteiger partial charge in [-0.1, -0.05) is 12.1 Å². The lowest BCUT2D eigenvalue weighted by Crippen LogP contribution is -2.17. The average Bonchev–Trinajstić information content (AvgIpc) is 3.04. The molecule has 2 heterocycles. The van der Waals surface area contributed by atoms with E-state index >= 15 is 0 Å². The van der Waals surface area contributed by atoms with Crippen LogP contribution in [-0.2, 0) is 6.42 Å². The van der Waals surface area contributed by atoms with Crippen LogP contribution in [-0.4, -0.2) is 24.0 Å². The molecule has 3 N–H and O–H groups in total. The number of anilines is 1. The predicted octanol–water partition coefficient (Wildman–Crippen LogP) is 2.82. The fourth-order valence-electron chi connectivity index (χ4n) is 3.24. The van der Waals surface area contributed by atoms with Crippen LogP contribution < -0.4 is 16.2 Å². The smallest absolute Gasteiger partial charge is 0.255 e. The molecular weight excluding hydrogens is 338 g/mol. The number of amides is 1. The number of aromatic amines is 1. The first-order valence-corrected chi connectivity index (χ1v) is 8.34. The summed E-state index contributed by atoms with van der Waals surface area (Å²) in [5.41, 5.74) is 3.81. The van der Waals surface area contributed by atoms with E-state index in [1.165, 1.54) is 18.1 Å². The lowest BCUT2D eigenvalue weighted by molar-refractivity contribution is 0.102. The summed E-state index contributed by atoms with van der Waals surface area (Å²) < 4.78 is 0. The number of aromatic nitrogens is 1. The van der Waals surface area contributed by atoms with E-state index in [2.05, 4.69) is 15.6 Å². The summed E-state index contributed by atoms with van der Waals surface area (Å²) in [5, 5.41) is 6.27. The van der Waals surface area contributed by atoms with E-state index in [9.17, 15) is 9.59 Å². The van der Waals surface area contributed by atoms with Crippen molar-refractivity contribution in [2.24, 2.45) is 5.92 Å². The number of H-pyrrole nitrogens is 1. The molecule has 0 spiro atoms. The Morgan fingerprint density at radius 3 is 2.56 bits per heavy atom. The standard InChI is InChI=1S/C19H23N3O2.ClH/c1-12-9-17(23)21-13(2)18(12)22-19(24)16-5-3-14(4-6-16)10-15-7-8-20-11-15;/h3-6,9,15,20H,7-8,10-11H2,1-2H3,(H,21,23)(H,22,24);1H. The zero-order valence-electron chi connectivity index (χ0n) is 14.5. The van der Waals surface area contributed by atoms with Crippen LogP contribution in [0.3, 0.4) is 0 Å². The number of hydrogen-bond donors (Lipinski definition) is 3. The highest BCUT2D eigenvalue weighted by atomic mass is 35.5. The van der Waals surface area contributed by atoms with Crippen molar-refractivity contribution in [3.63, 3.8) is 0 Å². The maximum atomic E-state index is 12.4. The maximum absolute atomic E-state index is 12.4. The van der Waals surface area contributed by atoms with E-state index in [1.807, 2.05) is 31.2 Å². The first-order valence-electron chi connectivity index (χ1n) is 8.34. The number of pyridine rings is 1. The molecule has 1 amide bonds. The van der Waals surface area contributed by atoms with Crippen molar-refractivity contribution in [2.45, 2.75) is 26.7 Å². The molecule has 1 aliphatic rings. The molecule has 1 saturated heterocycles. The summed E-state index contributed by atoms with van der Waals surface area (Å²) in [4.78, 5) is 26.6. The van der Waals surface area contributed by atoms with Crippen molar-refractivity contribution in [3.8, 4) is 0 Å². The lowest BCUT2D eigenvalue weighted by atomic mass is 9.98. The molecule has 1 unspecified atom stereocenters. The average molecular weight is 362 g/mol. The number of hydrogen-bond acceptors (Lipinski definition) is 3. The molecule has 1 fully saturated rings. The van der Waals surface area contributed by atoms with E-state index in [0.29, 0.717) is 22.9 Å². The SMILES string of the molecule is Cc1cc(=O)[nH]c(C)c1NC(=O)c1ccc(CC2CCNC2)cc1.Cl. The van der Waals surface area contributed by atoms with Crippen LogP contribution in [0.1, 0.15) is 33.6 Å². The van der Waals surface area contributed by atoms with Crippen molar-refractivity contribution in [2.75, 3.05) is 18.4 Å². The van der Waals surface area contributed by atoms with Gasteiger partial charge in [0.15, 0.2) is 0 Å². The third-order valence-corrected chi connectivity index (χ3v) is 4.57. The zero-order valence-corrected chi connectivity index (χ0v) is 15.3. The molecule has 0 bridgehead atoms. The molecule has 2 aromatic rings. The normalized spacial score (nSPS) is 16.3. The molecule has 1 aliphatic heterocycles. The molecule has 134 valence electrons. The number of nitrogens with one attached hydrogen (secondary N) is 3. The third kappa shape index (κ3) is 4.71. The van der Waals surface area contributed by atoms with E-state index in [-0.39, 0.29) is 23.9 Å². The van der Waals surface area contributed by atoms with Crippen molar-refractivity contribution < 1.29 is 4.79 Å². The Morgan fingerprint density at radius 1 is 1.24 bits per heavy atom. The molecule has 3 rings (SSSR count). The van der Waals surface area contributed by atoms with Gasteiger partial charge in [-0.15, -0.1) is 12.4 Å². The van der Waals surface area contributed by atoms with Crippen LogP contribution in [0.5, 0.6) is 0 Å². The summed E-state index contributed by atoms with van der Waals surface area (Å²) >= 11 is 0. The van der Waals surface area contributed by atoms with Crippen LogP contribution >= 0.6 is 12.4 Å². The summed E-state index contributed by atoms with van der Waals surface area (Å²) in [6, 6.07) is 9.27. The van der Waals surface area contributed by atoms with Gasteiger partial charge in [-0.25, -0.2) is 0 Å². The fourth-order valence-corrected chi connectivity index (χ4v) is 3.24. The number of rotatable bonds is 4. The third-order valence-electron chi connectivity index (χ3n) is 4.57. The van der Waals surface area contributed by atoms with Crippen molar-refractivity contribution in [1.82, 2.24) is 10.3 Å². The predicted molar refractivity (Wildman–Crippen MR) is 103 cm³/mol. The van der Waals surface area contributed by atoms with E-state index in [0.717, 1.165) is 25.1 Å². The Balaban J connectivity index is 0.00000225. The summed E-state index contributed by atoms with van der Waals surface area (Å²) in [7, 11) is 0. The summed E-state index contributed by atoms with van der Waals surface area (Å²) in [5.74, 6) is 0.526. The van der Waals surface area contributed by atoms with Crippen LogP contribution in [0, 0.1) is 19.8 Å². The Bertz CT molecular complexity index is 767. The van der Waals surface area contributed by atoms with Crippen molar-refractivity contribution in [3.05, 3.63) is 63.1 Å². The molecule has 0 aliphatic carbocycles. The highest BCUT2D eigenvalue weighted by Gasteiger charge is 2.15. The Morgan fingerprint density at radius 2 is 1.96 bits per heavy atom. The van der Waals surface area contributed by atoms with Crippen LogP contribution in [0.2, 0.25) is 0 Å². The second kappa shape index (κ2) is 8.32. The molecule has 1 aromatic carbocycles. The molecule has 0 saturated carbocycles. The molecule has 25 heavy (non-hydrogen) atoms. The Kier molecular flexibility index (Phi) is 6.39. The van der Waals surface area contributed by atoms with E-state index in [1.54, 1.807) is 6.92 Å². The number of benzene rings is 1. The van der Waals surface area contributed by atoms with Gasteiger partial charge < -0.3 is 15.6 Å². The van der Waals surface area contributed by atoms with Crippen LogP contribution in [0.15, 0.2) is 35.1 Å². The van der Waals surface area contributed by atoms with E-state index in [4.69, 9.17) is 0 Å². The zero-order chi connectivity index (χ0) is 17.1. The maximum Gasteiger partial charge on any atom is 0.255 e. The van der Waals surface area contributed by atoms with Crippen LogP contribution in [0.4, 0.5) is 5.69 Å². The van der Waals surface area contributed by atoms with Gasteiger partial charge in [-0.2, -0.15) is 0 Å². The quantitative estimate of drug-likeness (QED) is 0.784. The number of aryl methyl sites for hydroxylation is 2. The molecular formula is C19H24ClN3O2. The summed E-state index contributed by atoms with van der Waals surface area (Å²) in [6.07, 6.45) is 2.26. The van der Waals surface area contributed by atoms with Gasteiger partial charge in [0.25, 0.3) is 5.91 Å². The second-order valence-electron chi connectivity index (χ2n) is 6.53. The van der Waals surface area contributed by atoms with Gasteiger partial charge in [-0.05, 0) is 69.0 Å². The van der Waals surface area contributed by atoms with Gasteiger partial charge in [0, 0.05) is 17.3 Å². The molecule has 1 aromatic heterocycles. The Labute approximate surface area is 153 Å². The molecule has 1 atom stereocenters. The second-order valence-corrected chi connectivity index (χ2v) is 6.53. The highest BCUT2D eigenvalue weighted by molar-refractivity contribution is 6.04. The number of carbonyl (C=O) groups is 1. The molecule has 0 radical (unpaired) electrons. The minimum Gasteiger partial charge on any atom is -0.324 e. The number of carbonyl (C=O) groups excluding carboxylic acids is 1. The topological polar surface area (TPSA) is 74.0 Å². The Hall–Kier alpha value is -2.11. The van der Waals surface area contributed by atoms with Gasteiger partial charge >= 0.3 is 0 Å².